The first kappa shape index (κ1) is 20.1. The molecular weight excluding hydrogens is 453 g/mol. The molecule has 2 heterocycles. The number of rotatable bonds is 5. The molecule has 1 saturated carbocycles. The van der Waals surface area contributed by atoms with Gasteiger partial charge >= 0.3 is 0 Å². The highest BCUT2D eigenvalue weighted by molar-refractivity contribution is 14.0. The Morgan fingerprint density at radius 2 is 1.96 bits per heavy atom. The van der Waals surface area contributed by atoms with E-state index < -0.39 is 0 Å². The van der Waals surface area contributed by atoms with E-state index >= 15 is 0 Å². The first-order chi connectivity index (χ1) is 12.8. The van der Waals surface area contributed by atoms with E-state index in [0.717, 1.165) is 56.7 Å². The van der Waals surface area contributed by atoms with Crippen molar-refractivity contribution < 1.29 is 4.52 Å². The van der Waals surface area contributed by atoms with Crippen molar-refractivity contribution >= 4 is 29.9 Å². The van der Waals surface area contributed by atoms with Crippen LogP contribution in [0.2, 0.25) is 0 Å². The first-order valence-electron chi connectivity index (χ1n) is 9.45. The third-order valence-electron chi connectivity index (χ3n) is 5.34. The monoisotopic (exact) mass is 481 g/mol. The highest BCUT2D eigenvalue weighted by Gasteiger charge is 2.38. The highest BCUT2D eigenvalue weighted by Crippen LogP contribution is 2.33. The summed E-state index contributed by atoms with van der Waals surface area (Å²) in [4.78, 5) is 9.31. The van der Waals surface area contributed by atoms with Crippen molar-refractivity contribution in [2.24, 2.45) is 10.9 Å². The van der Waals surface area contributed by atoms with Crippen LogP contribution in [0.5, 0.6) is 0 Å². The lowest BCUT2D eigenvalue weighted by molar-refractivity contribution is 0.169. The standard InChI is InChI=1S/C20H27N5O.HI/c1-21-20(22-19-14-17(19)13-16-5-3-2-4-6-16)25-10-8-24(9-11-25)15-18-7-12-26-23-18;/h2-7,12,17,19H,8-11,13-15H2,1H3,(H,21,22);1H. The van der Waals surface area contributed by atoms with Gasteiger partial charge in [-0.2, -0.15) is 0 Å². The number of aromatic nitrogens is 1. The molecule has 0 bridgehead atoms. The van der Waals surface area contributed by atoms with E-state index in [0.29, 0.717) is 6.04 Å². The fourth-order valence-corrected chi connectivity index (χ4v) is 3.70. The number of piperazine rings is 1. The molecule has 1 aromatic heterocycles. The second kappa shape index (κ2) is 9.54. The third kappa shape index (κ3) is 5.44. The average Bonchev–Trinajstić information content (AvgIpc) is 3.19. The number of hydrogen-bond acceptors (Lipinski definition) is 4. The van der Waals surface area contributed by atoms with Crippen molar-refractivity contribution in [3.8, 4) is 0 Å². The predicted molar refractivity (Wildman–Crippen MR) is 117 cm³/mol. The summed E-state index contributed by atoms with van der Waals surface area (Å²) in [6, 6.07) is 13.3. The Bertz CT molecular complexity index is 713. The Kier molecular flexibility index (Phi) is 7.12. The minimum absolute atomic E-state index is 0. The van der Waals surface area contributed by atoms with E-state index in [9.17, 15) is 0 Å². The van der Waals surface area contributed by atoms with Gasteiger partial charge < -0.3 is 14.7 Å². The summed E-state index contributed by atoms with van der Waals surface area (Å²) in [6.07, 6.45) is 4.03. The molecule has 1 saturated heterocycles. The van der Waals surface area contributed by atoms with Crippen molar-refractivity contribution in [3.05, 3.63) is 53.9 Å². The van der Waals surface area contributed by atoms with E-state index in [1.807, 2.05) is 13.1 Å². The van der Waals surface area contributed by atoms with Crippen molar-refractivity contribution in [1.29, 1.82) is 0 Å². The largest absolute Gasteiger partial charge is 0.364 e. The van der Waals surface area contributed by atoms with Gasteiger partial charge in [0.25, 0.3) is 0 Å². The molecule has 1 aromatic carbocycles. The van der Waals surface area contributed by atoms with Crippen LogP contribution in [0.25, 0.3) is 0 Å². The van der Waals surface area contributed by atoms with Crippen LogP contribution in [0.1, 0.15) is 17.7 Å². The number of halogens is 1. The minimum Gasteiger partial charge on any atom is -0.364 e. The maximum atomic E-state index is 4.92. The summed E-state index contributed by atoms with van der Waals surface area (Å²) in [6.45, 7) is 4.89. The Hall–Kier alpha value is -1.61. The maximum absolute atomic E-state index is 4.92. The van der Waals surface area contributed by atoms with Crippen LogP contribution < -0.4 is 5.32 Å². The smallest absolute Gasteiger partial charge is 0.193 e. The number of nitrogens with zero attached hydrogens (tertiary/aromatic N) is 4. The lowest BCUT2D eigenvalue weighted by Crippen LogP contribution is -2.52. The molecule has 2 atom stereocenters. The van der Waals surface area contributed by atoms with Crippen LogP contribution in [0, 0.1) is 5.92 Å². The highest BCUT2D eigenvalue weighted by atomic mass is 127. The zero-order valence-electron chi connectivity index (χ0n) is 15.8. The third-order valence-corrected chi connectivity index (χ3v) is 5.34. The van der Waals surface area contributed by atoms with E-state index in [4.69, 9.17) is 4.52 Å². The van der Waals surface area contributed by atoms with Crippen LogP contribution in [0.15, 0.2) is 52.2 Å². The molecule has 2 aliphatic rings. The normalized spacial score (nSPS) is 23.0. The summed E-state index contributed by atoms with van der Waals surface area (Å²) in [5.74, 6) is 1.77. The molecule has 1 aliphatic carbocycles. The topological polar surface area (TPSA) is 56.9 Å². The van der Waals surface area contributed by atoms with Crippen molar-refractivity contribution in [2.45, 2.75) is 25.4 Å². The van der Waals surface area contributed by atoms with Crippen molar-refractivity contribution in [2.75, 3.05) is 33.2 Å². The zero-order chi connectivity index (χ0) is 17.8. The Morgan fingerprint density at radius 3 is 2.63 bits per heavy atom. The van der Waals surface area contributed by atoms with Crippen LogP contribution in [-0.2, 0) is 13.0 Å². The molecular formula is C20H28IN5O. The van der Waals surface area contributed by atoms with Gasteiger partial charge in [-0.3, -0.25) is 9.89 Å². The molecule has 27 heavy (non-hydrogen) atoms. The van der Waals surface area contributed by atoms with Crippen LogP contribution in [-0.4, -0.2) is 60.2 Å². The van der Waals surface area contributed by atoms with Crippen molar-refractivity contribution in [3.63, 3.8) is 0 Å². The summed E-state index contributed by atoms with van der Waals surface area (Å²) >= 11 is 0. The molecule has 0 amide bonds. The molecule has 0 spiro atoms. The van der Waals surface area contributed by atoms with Gasteiger partial charge in [-0.25, -0.2) is 0 Å². The van der Waals surface area contributed by atoms with Gasteiger partial charge in [0.2, 0.25) is 0 Å². The summed E-state index contributed by atoms with van der Waals surface area (Å²) in [7, 11) is 1.89. The van der Waals surface area contributed by atoms with Crippen LogP contribution in [0.3, 0.4) is 0 Å². The predicted octanol–water partition coefficient (Wildman–Crippen LogP) is 2.62. The van der Waals surface area contributed by atoms with Gasteiger partial charge in [-0.15, -0.1) is 24.0 Å². The number of benzene rings is 1. The molecule has 6 nitrogen and oxygen atoms in total. The second-order valence-corrected chi connectivity index (χ2v) is 7.24. The van der Waals surface area contributed by atoms with E-state index in [2.05, 4.69) is 55.6 Å². The fourth-order valence-electron chi connectivity index (χ4n) is 3.70. The summed E-state index contributed by atoms with van der Waals surface area (Å²) in [5.41, 5.74) is 2.43. The molecule has 2 unspecified atom stereocenters. The second-order valence-electron chi connectivity index (χ2n) is 7.24. The summed E-state index contributed by atoms with van der Waals surface area (Å²) in [5, 5.41) is 7.68. The molecule has 1 N–H and O–H groups in total. The van der Waals surface area contributed by atoms with Gasteiger partial charge in [-0.05, 0) is 24.3 Å². The molecule has 2 fully saturated rings. The average molecular weight is 481 g/mol. The van der Waals surface area contributed by atoms with Gasteiger partial charge in [0.05, 0.1) is 5.69 Å². The molecule has 146 valence electrons. The van der Waals surface area contributed by atoms with Gasteiger partial charge in [0.15, 0.2) is 5.96 Å². The number of guanidine groups is 1. The molecule has 2 aromatic rings. The van der Waals surface area contributed by atoms with E-state index in [-0.39, 0.29) is 24.0 Å². The van der Waals surface area contributed by atoms with Crippen LogP contribution >= 0.6 is 24.0 Å². The number of nitrogens with one attached hydrogen (secondary N) is 1. The Balaban J connectivity index is 0.00000210. The first-order valence-corrected chi connectivity index (χ1v) is 9.45. The molecule has 1 aliphatic heterocycles. The lowest BCUT2D eigenvalue weighted by atomic mass is 10.1. The number of aliphatic imine (C=N–C) groups is 1. The van der Waals surface area contributed by atoms with Crippen molar-refractivity contribution in [1.82, 2.24) is 20.3 Å². The van der Waals surface area contributed by atoms with Gasteiger partial charge in [0, 0.05) is 51.9 Å². The SMILES string of the molecule is CN=C(NC1CC1Cc1ccccc1)N1CCN(Cc2ccon2)CC1.I. The Morgan fingerprint density at radius 1 is 1.19 bits per heavy atom. The van der Waals surface area contributed by atoms with Gasteiger partial charge in [0.1, 0.15) is 6.26 Å². The molecule has 7 heteroatoms. The van der Waals surface area contributed by atoms with Crippen LogP contribution in [0.4, 0.5) is 0 Å². The van der Waals surface area contributed by atoms with Gasteiger partial charge in [-0.1, -0.05) is 35.5 Å². The number of hydrogen-bond donors (Lipinski definition) is 1. The molecule has 4 rings (SSSR count). The fraction of sp³-hybridized carbons (Fsp3) is 0.500. The quantitative estimate of drug-likeness (QED) is 0.405. The Labute approximate surface area is 178 Å². The minimum atomic E-state index is 0. The lowest BCUT2D eigenvalue weighted by Gasteiger charge is -2.36. The summed E-state index contributed by atoms with van der Waals surface area (Å²) < 4.78 is 4.92. The van der Waals surface area contributed by atoms with E-state index in [1.54, 1.807) is 6.26 Å². The zero-order valence-corrected chi connectivity index (χ0v) is 18.1. The molecule has 0 radical (unpaired) electrons. The maximum Gasteiger partial charge on any atom is 0.193 e. The van der Waals surface area contributed by atoms with E-state index in [1.165, 1.54) is 12.0 Å².